The van der Waals surface area contributed by atoms with Crippen molar-refractivity contribution in [3.05, 3.63) is 90.0 Å². The predicted octanol–water partition coefficient (Wildman–Crippen LogP) is 5.15. The summed E-state index contributed by atoms with van der Waals surface area (Å²) in [5, 5.41) is 0. The fourth-order valence-corrected chi connectivity index (χ4v) is 4.06. The van der Waals surface area contributed by atoms with Crippen molar-refractivity contribution in [1.82, 2.24) is 0 Å². The second kappa shape index (κ2) is 12.4. The number of aryl methyl sites for hydroxylation is 1. The number of ether oxygens (including phenoxy) is 3. The molecule has 6 nitrogen and oxygen atoms in total. The molecule has 0 aliphatic carbocycles. The zero-order valence-electron chi connectivity index (χ0n) is 19.0. The van der Waals surface area contributed by atoms with Crippen LogP contribution in [0.4, 0.5) is 0 Å². The lowest BCUT2D eigenvalue weighted by Gasteiger charge is -2.19. The molecule has 0 saturated carbocycles. The molecule has 0 aromatic heterocycles. The van der Waals surface area contributed by atoms with Crippen molar-refractivity contribution >= 4 is 10.1 Å². The van der Waals surface area contributed by atoms with Crippen LogP contribution in [0.1, 0.15) is 24.0 Å². The van der Waals surface area contributed by atoms with Gasteiger partial charge in [0, 0.05) is 0 Å². The SMILES string of the molecule is COc1ccc(OCC(CCCOS(=O)(=O)c2ccc(C)cc2)OCc2ccccc2)cc1. The summed E-state index contributed by atoms with van der Waals surface area (Å²) in [4.78, 5) is 0.160. The van der Waals surface area contributed by atoms with Gasteiger partial charge < -0.3 is 14.2 Å². The number of rotatable bonds is 13. The molecule has 7 heteroatoms. The lowest BCUT2D eigenvalue weighted by molar-refractivity contribution is 0.00182. The molecule has 0 fully saturated rings. The third-order valence-electron chi connectivity index (χ3n) is 5.04. The van der Waals surface area contributed by atoms with Crippen LogP contribution in [0, 0.1) is 6.92 Å². The lowest BCUT2D eigenvalue weighted by Crippen LogP contribution is -2.22. The van der Waals surface area contributed by atoms with E-state index in [9.17, 15) is 8.42 Å². The van der Waals surface area contributed by atoms with Gasteiger partial charge in [0.1, 0.15) is 18.1 Å². The Kier molecular flexibility index (Phi) is 9.30. The molecule has 33 heavy (non-hydrogen) atoms. The molecule has 0 N–H and O–H groups in total. The average molecular weight is 471 g/mol. The molecule has 0 bridgehead atoms. The first-order valence-electron chi connectivity index (χ1n) is 10.8. The number of hydrogen-bond acceptors (Lipinski definition) is 6. The minimum Gasteiger partial charge on any atom is -0.497 e. The third-order valence-corrected chi connectivity index (χ3v) is 6.37. The van der Waals surface area contributed by atoms with Crippen LogP contribution in [0.5, 0.6) is 11.5 Å². The molecule has 3 aromatic rings. The van der Waals surface area contributed by atoms with Crippen LogP contribution < -0.4 is 9.47 Å². The van der Waals surface area contributed by atoms with Crippen LogP contribution in [-0.2, 0) is 25.6 Å². The first kappa shape index (κ1) is 24.8. The van der Waals surface area contributed by atoms with Gasteiger partial charge in [-0.05, 0) is 61.7 Å². The molecule has 176 valence electrons. The van der Waals surface area contributed by atoms with Crippen LogP contribution in [0.2, 0.25) is 0 Å². The van der Waals surface area contributed by atoms with Crippen LogP contribution in [0.25, 0.3) is 0 Å². The molecule has 0 spiro atoms. The highest BCUT2D eigenvalue weighted by atomic mass is 32.2. The molecule has 0 amide bonds. The number of benzene rings is 3. The van der Waals surface area contributed by atoms with Crippen molar-refractivity contribution < 1.29 is 26.8 Å². The number of hydrogen-bond donors (Lipinski definition) is 0. The molecular weight excluding hydrogens is 440 g/mol. The van der Waals surface area contributed by atoms with Crippen LogP contribution in [0.15, 0.2) is 83.8 Å². The Hall–Kier alpha value is -2.87. The summed E-state index contributed by atoms with van der Waals surface area (Å²) >= 11 is 0. The zero-order valence-corrected chi connectivity index (χ0v) is 19.8. The van der Waals surface area contributed by atoms with Crippen molar-refractivity contribution in [2.75, 3.05) is 20.3 Å². The maximum absolute atomic E-state index is 12.4. The van der Waals surface area contributed by atoms with Gasteiger partial charge in [0.05, 0.1) is 31.3 Å². The van der Waals surface area contributed by atoms with E-state index >= 15 is 0 Å². The Morgan fingerprint density at radius 1 is 0.848 bits per heavy atom. The van der Waals surface area contributed by atoms with Crippen molar-refractivity contribution in [2.45, 2.75) is 37.4 Å². The smallest absolute Gasteiger partial charge is 0.296 e. The van der Waals surface area contributed by atoms with Gasteiger partial charge in [-0.1, -0.05) is 48.0 Å². The van der Waals surface area contributed by atoms with Gasteiger partial charge in [-0.2, -0.15) is 8.42 Å². The van der Waals surface area contributed by atoms with E-state index < -0.39 is 10.1 Å². The largest absolute Gasteiger partial charge is 0.497 e. The summed E-state index contributed by atoms with van der Waals surface area (Å²) in [5.41, 5.74) is 2.05. The molecule has 3 aromatic carbocycles. The van der Waals surface area contributed by atoms with E-state index in [0.717, 1.165) is 16.9 Å². The van der Waals surface area contributed by atoms with E-state index in [-0.39, 0.29) is 17.6 Å². The highest BCUT2D eigenvalue weighted by molar-refractivity contribution is 7.86. The van der Waals surface area contributed by atoms with Crippen molar-refractivity contribution in [3.8, 4) is 11.5 Å². The fraction of sp³-hybridized carbons (Fsp3) is 0.308. The van der Waals surface area contributed by atoms with Gasteiger partial charge in [-0.25, -0.2) is 0 Å². The molecule has 0 heterocycles. The van der Waals surface area contributed by atoms with Gasteiger partial charge in [0.25, 0.3) is 10.1 Å². The molecule has 3 rings (SSSR count). The van der Waals surface area contributed by atoms with Crippen molar-refractivity contribution in [2.24, 2.45) is 0 Å². The highest BCUT2D eigenvalue weighted by Gasteiger charge is 2.16. The van der Waals surface area contributed by atoms with E-state index in [2.05, 4.69) is 0 Å². The molecule has 1 atom stereocenters. The van der Waals surface area contributed by atoms with Crippen molar-refractivity contribution in [1.29, 1.82) is 0 Å². The van der Waals surface area contributed by atoms with E-state index in [1.165, 1.54) is 0 Å². The average Bonchev–Trinajstić information content (AvgIpc) is 2.84. The second-order valence-electron chi connectivity index (χ2n) is 7.64. The van der Waals surface area contributed by atoms with E-state index in [0.29, 0.717) is 31.8 Å². The summed E-state index contributed by atoms with van der Waals surface area (Å²) in [6.07, 6.45) is 0.876. The van der Waals surface area contributed by atoms with Gasteiger partial charge in [-0.15, -0.1) is 0 Å². The maximum Gasteiger partial charge on any atom is 0.296 e. The highest BCUT2D eigenvalue weighted by Crippen LogP contribution is 2.19. The summed E-state index contributed by atoms with van der Waals surface area (Å²) in [7, 11) is -2.16. The van der Waals surface area contributed by atoms with E-state index in [1.54, 1.807) is 31.4 Å². The second-order valence-corrected chi connectivity index (χ2v) is 9.25. The van der Waals surface area contributed by atoms with E-state index in [1.807, 2.05) is 61.5 Å². The monoisotopic (exact) mass is 470 g/mol. The molecule has 0 radical (unpaired) electrons. The molecule has 0 aliphatic heterocycles. The Labute approximate surface area is 196 Å². The predicted molar refractivity (Wildman–Crippen MR) is 127 cm³/mol. The molecular formula is C26H30O6S. The van der Waals surface area contributed by atoms with E-state index in [4.69, 9.17) is 18.4 Å². The molecule has 0 aliphatic rings. The minimum absolute atomic E-state index is 0.0734. The minimum atomic E-state index is -3.78. The quantitative estimate of drug-likeness (QED) is 0.254. The summed E-state index contributed by atoms with van der Waals surface area (Å²) in [6.45, 7) is 2.76. The molecule has 1 unspecified atom stereocenters. The maximum atomic E-state index is 12.4. The Morgan fingerprint density at radius 3 is 2.18 bits per heavy atom. The van der Waals surface area contributed by atoms with Gasteiger partial charge in [-0.3, -0.25) is 4.18 Å². The first-order valence-corrected chi connectivity index (χ1v) is 12.3. The Bertz CT molecular complexity index is 1060. The molecule has 0 saturated heterocycles. The third kappa shape index (κ3) is 8.20. The van der Waals surface area contributed by atoms with Crippen molar-refractivity contribution in [3.63, 3.8) is 0 Å². The number of methoxy groups -OCH3 is 1. The van der Waals surface area contributed by atoms with Crippen LogP contribution in [-0.4, -0.2) is 34.8 Å². The zero-order chi connectivity index (χ0) is 23.5. The summed E-state index contributed by atoms with van der Waals surface area (Å²) in [5.74, 6) is 1.47. The Balaban J connectivity index is 1.52. The normalized spacial score (nSPS) is 12.3. The fourth-order valence-electron chi connectivity index (χ4n) is 3.12. The Morgan fingerprint density at radius 2 is 1.52 bits per heavy atom. The first-order chi connectivity index (χ1) is 16.0. The summed E-state index contributed by atoms with van der Waals surface area (Å²) < 4.78 is 47.1. The van der Waals surface area contributed by atoms with Crippen LogP contribution >= 0.6 is 0 Å². The van der Waals surface area contributed by atoms with Crippen LogP contribution in [0.3, 0.4) is 0 Å². The standard InChI is InChI=1S/C26H30O6S/c1-21-10-16-26(17-11-21)33(27,28)32-18-6-9-25(30-19-22-7-4-3-5-8-22)20-31-24-14-12-23(29-2)13-15-24/h3-5,7-8,10-17,25H,6,9,18-20H2,1-2H3. The van der Waals surface area contributed by atoms with Gasteiger partial charge in [0.15, 0.2) is 0 Å². The van der Waals surface area contributed by atoms with Gasteiger partial charge in [0.2, 0.25) is 0 Å². The summed E-state index contributed by atoms with van der Waals surface area (Å²) in [6, 6.07) is 23.8. The topological polar surface area (TPSA) is 71.1 Å². The van der Waals surface area contributed by atoms with Gasteiger partial charge >= 0.3 is 0 Å². The lowest BCUT2D eigenvalue weighted by atomic mass is 10.2.